The van der Waals surface area contributed by atoms with Crippen LogP contribution < -0.4 is 0 Å². The van der Waals surface area contributed by atoms with Crippen molar-refractivity contribution in [1.29, 1.82) is 0 Å². The molecule has 120 valence electrons. The zero-order valence-corrected chi connectivity index (χ0v) is 14.4. The van der Waals surface area contributed by atoms with Crippen LogP contribution >= 0.6 is 11.3 Å². The van der Waals surface area contributed by atoms with Gasteiger partial charge in [0.2, 0.25) is 5.82 Å². The molecule has 6 heteroatoms. The molecule has 23 heavy (non-hydrogen) atoms. The molecule has 0 saturated carbocycles. The third-order valence-electron chi connectivity index (χ3n) is 3.52. The van der Waals surface area contributed by atoms with Gasteiger partial charge in [-0.05, 0) is 63.3 Å². The molecule has 2 heterocycles. The molecule has 2 aromatic heterocycles. The molecule has 1 N–H and O–H groups in total. The van der Waals surface area contributed by atoms with Crippen LogP contribution in [0, 0.1) is 13.8 Å². The predicted octanol–water partition coefficient (Wildman–Crippen LogP) is 3.85. The number of benzene rings is 1. The van der Waals surface area contributed by atoms with Crippen molar-refractivity contribution in [3.8, 4) is 27.9 Å². The maximum Gasteiger partial charge on any atom is 0.268 e. The average Bonchev–Trinajstić information content (AvgIpc) is 3.12. The van der Waals surface area contributed by atoms with Crippen molar-refractivity contribution in [1.82, 2.24) is 15.0 Å². The van der Waals surface area contributed by atoms with Crippen LogP contribution in [0.15, 0.2) is 28.8 Å². The highest BCUT2D eigenvalue weighted by atomic mass is 32.1. The lowest BCUT2D eigenvalue weighted by Crippen LogP contribution is -2.09. The zero-order valence-electron chi connectivity index (χ0n) is 13.6. The highest BCUT2D eigenvalue weighted by Crippen LogP contribution is 2.31. The van der Waals surface area contributed by atoms with Gasteiger partial charge in [0, 0.05) is 17.0 Å². The Kier molecular flexibility index (Phi) is 4.19. The molecule has 0 unspecified atom stereocenters. The summed E-state index contributed by atoms with van der Waals surface area (Å²) in [7, 11) is 4.08. The number of aromatic hydroxyl groups is 1. The Bertz CT molecular complexity index is 813. The first kappa shape index (κ1) is 15.7. The fraction of sp³-hybridized carbons (Fsp3) is 0.294. The van der Waals surface area contributed by atoms with E-state index in [1.807, 2.05) is 46.1 Å². The summed E-state index contributed by atoms with van der Waals surface area (Å²) in [6, 6.07) is 7.82. The molecule has 0 aliphatic carbocycles. The SMILES string of the molecule is Cc1cc(-c2noc(-c3ccc(CN(C)C)s3)n2)cc(C)c1O. The molecule has 0 radical (unpaired) electrons. The van der Waals surface area contributed by atoms with Crippen LogP contribution in [-0.2, 0) is 6.54 Å². The summed E-state index contributed by atoms with van der Waals surface area (Å²) in [5.74, 6) is 1.37. The van der Waals surface area contributed by atoms with Gasteiger partial charge in [0.05, 0.1) is 4.88 Å². The second kappa shape index (κ2) is 6.14. The Morgan fingerprint density at radius 2 is 1.87 bits per heavy atom. The number of hydrogen-bond donors (Lipinski definition) is 1. The first-order chi connectivity index (χ1) is 10.9. The van der Waals surface area contributed by atoms with Crippen molar-refractivity contribution in [2.24, 2.45) is 0 Å². The third kappa shape index (κ3) is 3.28. The summed E-state index contributed by atoms with van der Waals surface area (Å²) in [5.41, 5.74) is 2.45. The number of aryl methyl sites for hydroxylation is 2. The lowest BCUT2D eigenvalue weighted by molar-refractivity contribution is 0.406. The minimum Gasteiger partial charge on any atom is -0.507 e. The molecular weight excluding hydrogens is 310 g/mol. The number of thiophene rings is 1. The van der Waals surface area contributed by atoms with Gasteiger partial charge < -0.3 is 14.5 Å². The van der Waals surface area contributed by atoms with Gasteiger partial charge in [0.15, 0.2) is 0 Å². The molecule has 0 aliphatic rings. The second-order valence-electron chi connectivity index (χ2n) is 5.89. The highest BCUT2D eigenvalue weighted by molar-refractivity contribution is 7.15. The van der Waals surface area contributed by atoms with Gasteiger partial charge in [-0.15, -0.1) is 11.3 Å². The fourth-order valence-corrected chi connectivity index (χ4v) is 3.46. The van der Waals surface area contributed by atoms with E-state index in [1.165, 1.54) is 4.88 Å². The number of hydrogen-bond acceptors (Lipinski definition) is 6. The topological polar surface area (TPSA) is 62.4 Å². The van der Waals surface area contributed by atoms with Crippen molar-refractivity contribution in [3.63, 3.8) is 0 Å². The van der Waals surface area contributed by atoms with Crippen molar-refractivity contribution >= 4 is 11.3 Å². The first-order valence-electron chi connectivity index (χ1n) is 7.32. The zero-order chi connectivity index (χ0) is 16.6. The van der Waals surface area contributed by atoms with Gasteiger partial charge in [0.25, 0.3) is 5.89 Å². The minimum atomic E-state index is 0.309. The lowest BCUT2D eigenvalue weighted by atomic mass is 10.1. The number of aromatic nitrogens is 2. The van der Waals surface area contributed by atoms with Crippen LogP contribution in [0.3, 0.4) is 0 Å². The van der Waals surface area contributed by atoms with E-state index in [2.05, 4.69) is 21.1 Å². The van der Waals surface area contributed by atoms with Crippen molar-refractivity contribution < 1.29 is 9.63 Å². The molecule has 0 amide bonds. The standard InChI is InChI=1S/C17H19N3O2S/c1-10-7-12(8-11(2)15(10)21)16-18-17(22-19-16)14-6-5-13(23-14)9-20(3)4/h5-8,21H,9H2,1-4H3. The lowest BCUT2D eigenvalue weighted by Gasteiger charge is -2.05. The summed E-state index contributed by atoms with van der Waals surface area (Å²) in [4.78, 5) is 8.83. The summed E-state index contributed by atoms with van der Waals surface area (Å²) in [6.07, 6.45) is 0. The van der Waals surface area contributed by atoms with E-state index >= 15 is 0 Å². The van der Waals surface area contributed by atoms with E-state index < -0.39 is 0 Å². The smallest absolute Gasteiger partial charge is 0.268 e. The van der Waals surface area contributed by atoms with E-state index in [4.69, 9.17) is 4.52 Å². The molecule has 0 saturated heterocycles. The number of rotatable bonds is 4. The molecular formula is C17H19N3O2S. The van der Waals surface area contributed by atoms with Crippen LogP contribution in [0.5, 0.6) is 5.75 Å². The average molecular weight is 329 g/mol. The van der Waals surface area contributed by atoms with Crippen molar-refractivity contribution in [2.75, 3.05) is 14.1 Å². The van der Waals surface area contributed by atoms with Crippen LogP contribution in [0.1, 0.15) is 16.0 Å². The molecule has 0 atom stereocenters. The Hall–Kier alpha value is -2.18. The number of phenols is 1. The number of nitrogens with zero attached hydrogens (tertiary/aromatic N) is 3. The van der Waals surface area contributed by atoms with E-state index in [-0.39, 0.29) is 0 Å². The van der Waals surface area contributed by atoms with E-state index in [0.29, 0.717) is 17.5 Å². The summed E-state index contributed by atoms with van der Waals surface area (Å²) in [5, 5.41) is 13.9. The highest BCUT2D eigenvalue weighted by Gasteiger charge is 2.14. The van der Waals surface area contributed by atoms with Crippen molar-refractivity contribution in [3.05, 3.63) is 40.3 Å². The van der Waals surface area contributed by atoms with Gasteiger partial charge in [-0.25, -0.2) is 0 Å². The van der Waals surface area contributed by atoms with Crippen LogP contribution in [0.4, 0.5) is 0 Å². The molecule has 5 nitrogen and oxygen atoms in total. The summed E-state index contributed by atoms with van der Waals surface area (Å²) in [6.45, 7) is 4.61. The largest absolute Gasteiger partial charge is 0.507 e. The van der Waals surface area contributed by atoms with Gasteiger partial charge in [-0.2, -0.15) is 4.98 Å². The minimum absolute atomic E-state index is 0.309. The Balaban J connectivity index is 1.90. The summed E-state index contributed by atoms with van der Waals surface area (Å²) < 4.78 is 5.41. The molecule has 0 aliphatic heterocycles. The Morgan fingerprint density at radius 1 is 1.17 bits per heavy atom. The molecule has 0 fully saturated rings. The Morgan fingerprint density at radius 3 is 2.52 bits per heavy atom. The van der Waals surface area contributed by atoms with Gasteiger partial charge in [0.1, 0.15) is 5.75 Å². The van der Waals surface area contributed by atoms with Crippen LogP contribution in [0.25, 0.3) is 22.2 Å². The maximum atomic E-state index is 9.87. The van der Waals surface area contributed by atoms with Gasteiger partial charge in [-0.1, -0.05) is 5.16 Å². The van der Waals surface area contributed by atoms with Crippen molar-refractivity contribution in [2.45, 2.75) is 20.4 Å². The Labute approximate surface area is 139 Å². The van der Waals surface area contributed by atoms with E-state index in [9.17, 15) is 5.11 Å². The van der Waals surface area contributed by atoms with E-state index in [1.54, 1.807) is 11.3 Å². The molecule has 3 rings (SSSR count). The van der Waals surface area contributed by atoms with Crippen LogP contribution in [0.2, 0.25) is 0 Å². The van der Waals surface area contributed by atoms with Crippen LogP contribution in [-0.4, -0.2) is 34.2 Å². The molecule has 1 aromatic carbocycles. The van der Waals surface area contributed by atoms with Gasteiger partial charge >= 0.3 is 0 Å². The summed E-state index contributed by atoms with van der Waals surface area (Å²) >= 11 is 1.65. The normalized spacial score (nSPS) is 11.3. The van der Waals surface area contributed by atoms with Gasteiger partial charge in [-0.3, -0.25) is 0 Å². The quantitative estimate of drug-likeness (QED) is 0.788. The number of phenolic OH excluding ortho intramolecular Hbond substituents is 1. The monoisotopic (exact) mass is 329 g/mol. The third-order valence-corrected chi connectivity index (χ3v) is 4.58. The molecule has 0 bridgehead atoms. The predicted molar refractivity (Wildman–Crippen MR) is 91.6 cm³/mol. The van der Waals surface area contributed by atoms with E-state index in [0.717, 1.165) is 28.1 Å². The molecule has 0 spiro atoms. The second-order valence-corrected chi connectivity index (χ2v) is 7.05. The fourth-order valence-electron chi connectivity index (χ4n) is 2.42. The molecule has 3 aromatic rings. The first-order valence-corrected chi connectivity index (χ1v) is 8.14. The maximum absolute atomic E-state index is 9.87.